The minimum Gasteiger partial charge on any atom is -0.394 e. The van der Waals surface area contributed by atoms with Crippen molar-refractivity contribution in [2.75, 3.05) is 11.9 Å². The highest BCUT2D eigenvalue weighted by Crippen LogP contribution is 2.29. The summed E-state index contributed by atoms with van der Waals surface area (Å²) in [7, 11) is 0. The Bertz CT molecular complexity index is 504. The molecule has 0 unspecified atom stereocenters. The van der Waals surface area contributed by atoms with E-state index in [0.717, 1.165) is 0 Å². The first-order valence-corrected chi connectivity index (χ1v) is 5.84. The SMILES string of the molecule is OC[C@H]1O[C@@H]([n+]2c[nH]c3c2NC=N[C@H]3O)[C@H](O)[C@@H]1O. The molecule has 1 fully saturated rings. The maximum absolute atomic E-state index is 9.95. The lowest BCUT2D eigenvalue weighted by Gasteiger charge is -2.15. The van der Waals surface area contributed by atoms with Crippen molar-refractivity contribution in [1.29, 1.82) is 0 Å². The molecule has 5 atom stereocenters. The Morgan fingerprint density at radius 2 is 2.11 bits per heavy atom. The van der Waals surface area contributed by atoms with Gasteiger partial charge >= 0.3 is 0 Å². The zero-order valence-electron chi connectivity index (χ0n) is 9.84. The number of hydrogen-bond acceptors (Lipinski definition) is 7. The van der Waals surface area contributed by atoms with Crippen molar-refractivity contribution in [3.8, 4) is 0 Å². The topological polar surface area (TPSA) is 134 Å². The van der Waals surface area contributed by atoms with Gasteiger partial charge in [0.2, 0.25) is 12.5 Å². The summed E-state index contributed by atoms with van der Waals surface area (Å²) in [6.07, 6.45) is -2.25. The van der Waals surface area contributed by atoms with E-state index < -0.39 is 30.8 Å². The molecular formula is C10H15N4O5+. The molecule has 0 aromatic carbocycles. The molecule has 2 aliphatic heterocycles. The monoisotopic (exact) mass is 271 g/mol. The van der Waals surface area contributed by atoms with Crippen LogP contribution in [0, 0.1) is 0 Å². The third-order valence-corrected chi connectivity index (χ3v) is 3.34. The van der Waals surface area contributed by atoms with Gasteiger partial charge in [-0.25, -0.2) is 9.56 Å². The first kappa shape index (κ1) is 12.5. The van der Waals surface area contributed by atoms with Crippen molar-refractivity contribution >= 4 is 12.2 Å². The first-order chi connectivity index (χ1) is 9.13. The molecule has 9 heteroatoms. The van der Waals surface area contributed by atoms with Crippen LogP contribution in [-0.2, 0) is 4.74 Å². The van der Waals surface area contributed by atoms with E-state index in [2.05, 4.69) is 15.3 Å². The molecule has 0 spiro atoms. The summed E-state index contributed by atoms with van der Waals surface area (Å²) in [5.74, 6) is 0.484. The number of ether oxygens (including phenoxy) is 1. The van der Waals surface area contributed by atoms with Crippen LogP contribution in [0.5, 0.6) is 0 Å². The van der Waals surface area contributed by atoms with Crippen molar-refractivity contribution in [1.82, 2.24) is 4.98 Å². The standard InChI is InChI=1S/C10H14N4O5/c15-1-4-6(16)7(17)10(19-4)14-3-13-5-8(14)11-2-12-9(5)18/h2-4,6-7,9-10,15-18H,1H2,(H,11,12)/p+1/t4-,6-,7-,9+,10-/m1/s1. The van der Waals surface area contributed by atoms with Crippen LogP contribution in [0.15, 0.2) is 11.3 Å². The van der Waals surface area contributed by atoms with E-state index >= 15 is 0 Å². The average molecular weight is 271 g/mol. The third-order valence-electron chi connectivity index (χ3n) is 3.34. The average Bonchev–Trinajstić information content (AvgIpc) is 2.94. The maximum Gasteiger partial charge on any atom is 0.269 e. The lowest BCUT2D eigenvalue weighted by atomic mass is 10.1. The molecular weight excluding hydrogens is 256 g/mol. The summed E-state index contributed by atoms with van der Waals surface area (Å²) in [4.78, 5) is 6.58. The largest absolute Gasteiger partial charge is 0.394 e. The van der Waals surface area contributed by atoms with Crippen molar-refractivity contribution < 1.29 is 29.7 Å². The summed E-state index contributed by atoms with van der Waals surface area (Å²) in [6.45, 7) is -0.389. The van der Waals surface area contributed by atoms with Gasteiger partial charge in [0.1, 0.15) is 24.7 Å². The number of aliphatic imine (C=N–C) groups is 1. The summed E-state index contributed by atoms with van der Waals surface area (Å²) < 4.78 is 6.91. The molecule has 1 aromatic rings. The highest BCUT2D eigenvalue weighted by Gasteiger charge is 2.47. The van der Waals surface area contributed by atoms with Gasteiger partial charge in [0.15, 0.2) is 12.0 Å². The van der Waals surface area contributed by atoms with Gasteiger partial charge in [0, 0.05) is 0 Å². The Hall–Kier alpha value is -1.52. The van der Waals surface area contributed by atoms with Crippen LogP contribution < -0.4 is 9.88 Å². The number of rotatable bonds is 2. The molecule has 0 radical (unpaired) electrons. The van der Waals surface area contributed by atoms with Gasteiger partial charge in [-0.15, -0.1) is 0 Å². The molecule has 1 saturated heterocycles. The van der Waals surface area contributed by atoms with Crippen LogP contribution >= 0.6 is 0 Å². The smallest absolute Gasteiger partial charge is 0.269 e. The molecule has 3 heterocycles. The Labute approximate surface area is 107 Å². The first-order valence-electron chi connectivity index (χ1n) is 5.84. The van der Waals surface area contributed by atoms with E-state index in [1.54, 1.807) is 0 Å². The van der Waals surface area contributed by atoms with Crippen LogP contribution in [0.1, 0.15) is 18.1 Å². The van der Waals surface area contributed by atoms with E-state index in [0.29, 0.717) is 11.5 Å². The number of imidazole rings is 1. The Morgan fingerprint density at radius 3 is 2.79 bits per heavy atom. The third kappa shape index (κ3) is 1.83. The molecule has 3 rings (SSSR count). The second-order valence-corrected chi connectivity index (χ2v) is 4.47. The number of H-pyrrole nitrogens is 1. The number of aliphatic hydroxyl groups is 4. The quantitative estimate of drug-likeness (QED) is 0.326. The molecule has 1 aromatic heterocycles. The summed E-state index contributed by atoms with van der Waals surface area (Å²) in [5, 5.41) is 41.2. The van der Waals surface area contributed by atoms with Gasteiger partial charge in [0.25, 0.3) is 5.82 Å². The number of fused-ring (bicyclic) bond motifs is 1. The van der Waals surface area contributed by atoms with E-state index in [1.165, 1.54) is 17.2 Å². The van der Waals surface area contributed by atoms with Gasteiger partial charge in [-0.05, 0) is 0 Å². The highest BCUT2D eigenvalue weighted by molar-refractivity contribution is 5.75. The van der Waals surface area contributed by atoms with Gasteiger partial charge in [0.05, 0.1) is 6.61 Å². The lowest BCUT2D eigenvalue weighted by Crippen LogP contribution is -2.47. The molecule has 2 aliphatic rings. The zero-order chi connectivity index (χ0) is 13.6. The predicted molar refractivity (Wildman–Crippen MR) is 61.1 cm³/mol. The Morgan fingerprint density at radius 1 is 1.32 bits per heavy atom. The van der Waals surface area contributed by atoms with Gasteiger partial charge in [-0.2, -0.15) is 0 Å². The van der Waals surface area contributed by atoms with Gasteiger partial charge in [-0.1, -0.05) is 0 Å². The van der Waals surface area contributed by atoms with Crippen molar-refractivity contribution in [2.45, 2.75) is 30.8 Å². The predicted octanol–water partition coefficient (Wildman–Crippen LogP) is -2.64. The minimum absolute atomic E-state index is 0.389. The van der Waals surface area contributed by atoms with Crippen LogP contribution in [0.25, 0.3) is 0 Å². The Kier molecular flexibility index (Phi) is 2.99. The van der Waals surface area contributed by atoms with Crippen LogP contribution in [0.2, 0.25) is 0 Å². The van der Waals surface area contributed by atoms with E-state index in [1.807, 2.05) is 0 Å². The van der Waals surface area contributed by atoms with Gasteiger partial charge < -0.3 is 25.2 Å². The summed E-state index contributed by atoms with van der Waals surface area (Å²) in [6, 6.07) is 0. The van der Waals surface area contributed by atoms with Crippen LogP contribution in [-0.4, -0.2) is 56.7 Å². The molecule has 0 bridgehead atoms. The van der Waals surface area contributed by atoms with E-state index in [-0.39, 0.29) is 6.61 Å². The Balaban J connectivity index is 1.92. The van der Waals surface area contributed by atoms with Crippen molar-refractivity contribution in [3.63, 3.8) is 0 Å². The number of anilines is 1. The van der Waals surface area contributed by atoms with Crippen LogP contribution in [0.3, 0.4) is 0 Å². The number of nitrogens with one attached hydrogen (secondary N) is 2. The lowest BCUT2D eigenvalue weighted by molar-refractivity contribution is -0.752. The van der Waals surface area contributed by atoms with Crippen molar-refractivity contribution in [3.05, 3.63) is 12.0 Å². The van der Waals surface area contributed by atoms with E-state index in [9.17, 15) is 15.3 Å². The normalized spacial score (nSPS) is 37.2. The number of aromatic amines is 1. The van der Waals surface area contributed by atoms with Crippen LogP contribution in [0.4, 0.5) is 5.82 Å². The number of aromatic nitrogens is 2. The molecule has 6 N–H and O–H groups in total. The molecule has 104 valence electrons. The summed E-state index contributed by atoms with van der Waals surface area (Å²) >= 11 is 0. The fourth-order valence-corrected chi connectivity index (χ4v) is 2.31. The van der Waals surface area contributed by atoms with E-state index in [4.69, 9.17) is 9.84 Å². The molecule has 0 saturated carbocycles. The van der Waals surface area contributed by atoms with Gasteiger partial charge in [-0.3, -0.25) is 10.3 Å². The minimum atomic E-state index is -1.18. The van der Waals surface area contributed by atoms with Crippen molar-refractivity contribution in [2.24, 2.45) is 4.99 Å². The molecule has 0 aliphatic carbocycles. The summed E-state index contributed by atoms with van der Waals surface area (Å²) in [5.41, 5.74) is 0.431. The number of hydrogen-bond donors (Lipinski definition) is 6. The number of aliphatic hydroxyl groups excluding tert-OH is 4. The molecule has 9 nitrogen and oxygen atoms in total. The fourth-order valence-electron chi connectivity index (χ4n) is 2.31. The molecule has 19 heavy (non-hydrogen) atoms. The highest BCUT2D eigenvalue weighted by atomic mass is 16.6. The second kappa shape index (κ2) is 4.54. The fraction of sp³-hybridized carbons (Fsp3) is 0.600. The second-order valence-electron chi connectivity index (χ2n) is 4.47. The zero-order valence-corrected chi connectivity index (χ0v) is 9.84. The maximum atomic E-state index is 9.95. The molecule has 0 amide bonds. The number of nitrogens with zero attached hydrogens (tertiary/aromatic N) is 2.